The zero-order valence-electron chi connectivity index (χ0n) is 21.8. The maximum Gasteiger partial charge on any atom is 0.254 e. The highest BCUT2D eigenvalue weighted by Gasteiger charge is 2.26. The molecule has 0 unspecified atom stereocenters. The van der Waals surface area contributed by atoms with Gasteiger partial charge in [-0.25, -0.2) is 0 Å². The van der Waals surface area contributed by atoms with Crippen LogP contribution in [0.25, 0.3) is 11.3 Å². The van der Waals surface area contributed by atoms with Crippen molar-refractivity contribution >= 4 is 17.6 Å². The number of benzene rings is 2. The molecule has 0 saturated carbocycles. The van der Waals surface area contributed by atoms with Crippen molar-refractivity contribution in [3.05, 3.63) is 72.3 Å². The third-order valence-electron chi connectivity index (χ3n) is 6.84. The quantitative estimate of drug-likeness (QED) is 0.441. The molecular weight excluding hydrogens is 466 g/mol. The molecule has 37 heavy (non-hydrogen) atoms. The second kappa shape index (κ2) is 12.3. The highest BCUT2D eigenvalue weighted by atomic mass is 16.5. The topological polar surface area (TPSA) is 78.9 Å². The summed E-state index contributed by atoms with van der Waals surface area (Å²) in [7, 11) is 1.64. The molecule has 194 valence electrons. The Balaban J connectivity index is 1.35. The predicted molar refractivity (Wildman–Crippen MR) is 145 cm³/mol. The van der Waals surface area contributed by atoms with E-state index >= 15 is 0 Å². The second-order valence-corrected chi connectivity index (χ2v) is 9.44. The van der Waals surface area contributed by atoms with E-state index in [1.54, 1.807) is 24.1 Å². The van der Waals surface area contributed by atoms with Crippen LogP contribution in [-0.2, 0) is 4.79 Å². The summed E-state index contributed by atoms with van der Waals surface area (Å²) in [5, 5.41) is 8.84. The van der Waals surface area contributed by atoms with E-state index in [4.69, 9.17) is 4.74 Å². The van der Waals surface area contributed by atoms with E-state index < -0.39 is 0 Å². The van der Waals surface area contributed by atoms with Gasteiger partial charge in [0.2, 0.25) is 5.91 Å². The number of methoxy groups -OCH3 is 1. The van der Waals surface area contributed by atoms with Gasteiger partial charge in [0, 0.05) is 43.9 Å². The summed E-state index contributed by atoms with van der Waals surface area (Å²) in [6, 6.07) is 20.8. The Morgan fingerprint density at radius 1 is 0.973 bits per heavy atom. The summed E-state index contributed by atoms with van der Waals surface area (Å²) in [5.74, 6) is 1.76. The molecule has 4 rings (SSSR count). The standard InChI is InChI=1S/C29H35N5O3/c1-4-22(2)20-34(29(36)23-9-6-5-7-10-23)21-28(35)33-17-15-32(16-18-33)27-14-13-26(30-31-27)24-11-8-12-25(19-24)37-3/h5-14,19,22H,4,15-18,20-21H2,1-3H3/t22-/m1/s1. The molecule has 1 aliphatic heterocycles. The lowest BCUT2D eigenvalue weighted by Crippen LogP contribution is -2.52. The van der Waals surface area contributed by atoms with Gasteiger partial charge in [0.15, 0.2) is 5.82 Å². The van der Waals surface area contributed by atoms with E-state index in [1.165, 1.54) is 0 Å². The molecule has 1 saturated heterocycles. The predicted octanol–water partition coefficient (Wildman–Crippen LogP) is 3.99. The summed E-state index contributed by atoms with van der Waals surface area (Å²) in [6.07, 6.45) is 0.947. The monoisotopic (exact) mass is 501 g/mol. The van der Waals surface area contributed by atoms with Crippen LogP contribution in [-0.4, -0.2) is 78.2 Å². The van der Waals surface area contributed by atoms with Gasteiger partial charge < -0.3 is 19.4 Å². The number of hydrogen-bond donors (Lipinski definition) is 0. The van der Waals surface area contributed by atoms with Crippen LogP contribution < -0.4 is 9.64 Å². The molecule has 1 atom stereocenters. The van der Waals surface area contributed by atoms with Crippen LogP contribution in [0.5, 0.6) is 5.75 Å². The van der Waals surface area contributed by atoms with E-state index in [0.29, 0.717) is 44.2 Å². The summed E-state index contributed by atoms with van der Waals surface area (Å²) < 4.78 is 5.30. The average Bonchev–Trinajstić information content (AvgIpc) is 2.97. The molecule has 0 N–H and O–H groups in total. The van der Waals surface area contributed by atoms with Crippen LogP contribution in [0.15, 0.2) is 66.7 Å². The van der Waals surface area contributed by atoms with E-state index in [9.17, 15) is 9.59 Å². The van der Waals surface area contributed by atoms with Crippen molar-refractivity contribution < 1.29 is 14.3 Å². The second-order valence-electron chi connectivity index (χ2n) is 9.44. The molecule has 1 fully saturated rings. The van der Waals surface area contributed by atoms with Crippen molar-refractivity contribution in [3.63, 3.8) is 0 Å². The van der Waals surface area contributed by atoms with Crippen LogP contribution in [0.2, 0.25) is 0 Å². The molecule has 0 spiro atoms. The molecule has 8 nitrogen and oxygen atoms in total. The van der Waals surface area contributed by atoms with Gasteiger partial charge in [0.25, 0.3) is 5.91 Å². The van der Waals surface area contributed by atoms with Crippen molar-refractivity contribution in [2.24, 2.45) is 5.92 Å². The number of ether oxygens (including phenoxy) is 1. The van der Waals surface area contributed by atoms with E-state index in [-0.39, 0.29) is 18.4 Å². The number of carbonyl (C=O) groups excluding carboxylic acids is 2. The molecule has 2 aromatic carbocycles. The van der Waals surface area contributed by atoms with Gasteiger partial charge in [0.1, 0.15) is 12.3 Å². The lowest BCUT2D eigenvalue weighted by molar-refractivity contribution is -0.132. The largest absolute Gasteiger partial charge is 0.497 e. The Kier molecular flexibility index (Phi) is 8.72. The number of rotatable bonds is 9. The van der Waals surface area contributed by atoms with E-state index in [1.807, 2.05) is 59.5 Å². The Bertz CT molecular complexity index is 1180. The molecule has 2 heterocycles. The van der Waals surface area contributed by atoms with Crippen LogP contribution in [0.4, 0.5) is 5.82 Å². The van der Waals surface area contributed by atoms with Gasteiger partial charge in [-0.1, -0.05) is 50.6 Å². The zero-order valence-corrected chi connectivity index (χ0v) is 21.8. The number of piperazine rings is 1. The maximum atomic E-state index is 13.2. The molecule has 0 bridgehead atoms. The third-order valence-corrected chi connectivity index (χ3v) is 6.84. The lowest BCUT2D eigenvalue weighted by Gasteiger charge is -2.36. The van der Waals surface area contributed by atoms with Gasteiger partial charge in [-0.15, -0.1) is 10.2 Å². The highest BCUT2D eigenvalue weighted by Crippen LogP contribution is 2.23. The van der Waals surface area contributed by atoms with Crippen molar-refractivity contribution in [1.29, 1.82) is 0 Å². The highest BCUT2D eigenvalue weighted by molar-refractivity contribution is 5.96. The number of amides is 2. The van der Waals surface area contributed by atoms with Crippen LogP contribution >= 0.6 is 0 Å². The first-order chi connectivity index (χ1) is 18.0. The fraction of sp³-hybridized carbons (Fsp3) is 0.379. The van der Waals surface area contributed by atoms with Gasteiger partial charge in [-0.2, -0.15) is 0 Å². The van der Waals surface area contributed by atoms with Crippen LogP contribution in [0, 0.1) is 5.92 Å². The minimum absolute atomic E-state index is 0.0216. The van der Waals surface area contributed by atoms with Crippen molar-refractivity contribution in [2.45, 2.75) is 20.3 Å². The number of nitrogens with zero attached hydrogens (tertiary/aromatic N) is 5. The molecule has 0 aliphatic carbocycles. The molecule has 8 heteroatoms. The molecule has 2 amide bonds. The lowest BCUT2D eigenvalue weighted by atomic mass is 10.1. The minimum Gasteiger partial charge on any atom is -0.497 e. The Morgan fingerprint density at radius 2 is 1.73 bits per heavy atom. The Hall–Kier alpha value is -3.94. The summed E-state index contributed by atoms with van der Waals surface area (Å²) >= 11 is 0. The minimum atomic E-state index is -0.0979. The first kappa shape index (κ1) is 26.1. The Labute approximate surface area is 218 Å². The van der Waals surface area contributed by atoms with E-state index in [0.717, 1.165) is 29.2 Å². The molecule has 3 aromatic rings. The summed E-state index contributed by atoms with van der Waals surface area (Å²) in [6.45, 7) is 7.34. The normalized spacial score (nSPS) is 14.2. The maximum absolute atomic E-state index is 13.2. The van der Waals surface area contributed by atoms with Crippen molar-refractivity contribution in [1.82, 2.24) is 20.0 Å². The summed E-state index contributed by atoms with van der Waals surface area (Å²) in [5.41, 5.74) is 2.33. The van der Waals surface area contributed by atoms with E-state index in [2.05, 4.69) is 28.9 Å². The molecule has 0 radical (unpaired) electrons. The van der Waals surface area contributed by atoms with Gasteiger partial charge in [0.05, 0.1) is 12.8 Å². The smallest absolute Gasteiger partial charge is 0.254 e. The zero-order chi connectivity index (χ0) is 26.2. The fourth-order valence-electron chi connectivity index (χ4n) is 4.37. The first-order valence-corrected chi connectivity index (χ1v) is 12.8. The fourth-order valence-corrected chi connectivity index (χ4v) is 4.37. The molecular formula is C29H35N5O3. The van der Waals surface area contributed by atoms with Crippen LogP contribution in [0.3, 0.4) is 0 Å². The number of carbonyl (C=O) groups is 2. The van der Waals surface area contributed by atoms with Crippen LogP contribution in [0.1, 0.15) is 30.6 Å². The summed E-state index contributed by atoms with van der Waals surface area (Å²) in [4.78, 5) is 32.0. The Morgan fingerprint density at radius 3 is 2.38 bits per heavy atom. The third kappa shape index (κ3) is 6.64. The van der Waals surface area contributed by atoms with Crippen molar-refractivity contribution in [3.8, 4) is 17.0 Å². The van der Waals surface area contributed by atoms with Gasteiger partial charge >= 0.3 is 0 Å². The van der Waals surface area contributed by atoms with Crippen molar-refractivity contribution in [2.75, 3.05) is 51.3 Å². The molecule has 1 aliphatic rings. The number of anilines is 1. The SMILES string of the molecule is CC[C@@H](C)CN(CC(=O)N1CCN(c2ccc(-c3cccc(OC)c3)nn2)CC1)C(=O)c1ccccc1. The molecule has 1 aromatic heterocycles. The van der Waals surface area contributed by atoms with Gasteiger partial charge in [-0.05, 0) is 42.3 Å². The van der Waals surface area contributed by atoms with Gasteiger partial charge in [-0.3, -0.25) is 9.59 Å². The average molecular weight is 502 g/mol. The number of aromatic nitrogens is 2. The first-order valence-electron chi connectivity index (χ1n) is 12.8. The number of hydrogen-bond acceptors (Lipinski definition) is 6.